The van der Waals surface area contributed by atoms with E-state index in [2.05, 4.69) is 53.1 Å². The molecule has 0 aliphatic rings. The summed E-state index contributed by atoms with van der Waals surface area (Å²) in [6.07, 6.45) is 0. The lowest BCUT2D eigenvalue weighted by Gasteiger charge is -2.12. The first kappa shape index (κ1) is 20.0. The largest absolute Gasteiger partial charge is 0.456 e. The summed E-state index contributed by atoms with van der Waals surface area (Å²) in [5, 5.41) is 3.47. The molecular weight excluding hydrogens is 607 g/mol. The highest BCUT2D eigenvalue weighted by Crippen LogP contribution is 2.39. The molecule has 0 aliphatic heterocycles. The Hall–Kier alpha value is -6.64. The third kappa shape index (κ3) is 4.73. The van der Waals surface area contributed by atoms with Crippen molar-refractivity contribution in [3.63, 3.8) is 0 Å². The van der Waals surface area contributed by atoms with Gasteiger partial charge in [0.2, 0.25) is 0 Å². The lowest BCUT2D eigenvalue weighted by atomic mass is 9.97. The maximum absolute atomic E-state index is 8.70. The number of rotatable bonds is 5. The van der Waals surface area contributed by atoms with Crippen molar-refractivity contribution < 1.29 is 18.1 Å². The summed E-state index contributed by atoms with van der Waals surface area (Å²) in [5.41, 5.74) is 9.03. The van der Waals surface area contributed by atoms with Crippen molar-refractivity contribution in [1.29, 1.82) is 0 Å². The van der Waals surface area contributed by atoms with E-state index in [-0.39, 0.29) is 35.3 Å². The van der Waals surface area contributed by atoms with Gasteiger partial charge in [0, 0.05) is 27.2 Å². The molecule has 234 valence electrons. The minimum Gasteiger partial charge on any atom is -0.456 e. The summed E-state index contributed by atoms with van der Waals surface area (Å²) in [7, 11) is 0. The van der Waals surface area contributed by atoms with Crippen LogP contribution >= 0.6 is 0 Å². The first-order valence-electron chi connectivity index (χ1n) is 21.3. The summed E-state index contributed by atoms with van der Waals surface area (Å²) in [6.45, 7) is 0. The van der Waals surface area contributed by atoms with Crippen molar-refractivity contribution in [3.8, 4) is 50.2 Å². The summed E-state index contributed by atoms with van der Waals surface area (Å²) in [5.74, 6) is 0. The second-order valence-corrected chi connectivity index (χ2v) is 12.2. The van der Waals surface area contributed by atoms with Crippen molar-refractivity contribution in [1.82, 2.24) is 4.57 Å². The van der Waals surface area contributed by atoms with Crippen LogP contribution in [-0.2, 0) is 0 Å². The molecule has 2 nitrogen and oxygen atoms in total. The van der Waals surface area contributed by atoms with E-state index in [9.17, 15) is 0 Å². The number of fused-ring (bicyclic) bond motifs is 6. The topological polar surface area (TPSA) is 18.1 Å². The second-order valence-electron chi connectivity index (χ2n) is 12.2. The Balaban J connectivity index is 1.16. The van der Waals surface area contributed by atoms with Gasteiger partial charge in [-0.05, 0) is 105 Å². The third-order valence-electron chi connectivity index (χ3n) is 9.35. The van der Waals surface area contributed by atoms with E-state index in [0.29, 0.717) is 21.9 Å². The maximum atomic E-state index is 8.70. The van der Waals surface area contributed by atoms with Crippen LogP contribution in [0.25, 0.3) is 93.9 Å². The average molecular weight is 648 g/mol. The Labute approximate surface area is 304 Å². The van der Waals surface area contributed by atoms with Crippen LogP contribution in [0.1, 0.15) is 13.7 Å². The standard InChI is InChI=1S/C48H31NO/c1-3-11-32(12-4-1)37-21-24-45-42(29-37)43-30-38(33-13-5-2-6-14-33)22-25-46(43)49(45)40-18-10-17-36(28-40)34-15-9-16-35(27-34)39-23-26-48-44(31-39)41-19-7-8-20-47(41)50-48/h1-31H/i1D,2D,3D,4D,5D,6D,11D,12D,13D,14D. The lowest BCUT2D eigenvalue weighted by molar-refractivity contribution is 0.669. The first-order valence-corrected chi connectivity index (χ1v) is 16.3. The van der Waals surface area contributed by atoms with E-state index in [4.69, 9.17) is 18.1 Å². The molecule has 2 aromatic heterocycles. The van der Waals surface area contributed by atoms with Crippen LogP contribution in [0, 0.1) is 0 Å². The summed E-state index contributed by atoms with van der Waals surface area (Å²) < 4.78 is 92.5. The molecule has 0 bridgehead atoms. The molecule has 0 saturated heterocycles. The second kappa shape index (κ2) is 11.5. The fourth-order valence-electron chi connectivity index (χ4n) is 7.01. The van der Waals surface area contributed by atoms with E-state index in [0.717, 1.165) is 60.9 Å². The summed E-state index contributed by atoms with van der Waals surface area (Å²) >= 11 is 0. The van der Waals surface area contributed by atoms with E-state index < -0.39 is 36.3 Å². The predicted molar refractivity (Wildman–Crippen MR) is 210 cm³/mol. The molecule has 8 aromatic carbocycles. The maximum Gasteiger partial charge on any atom is 0.135 e. The monoisotopic (exact) mass is 647 g/mol. The lowest BCUT2D eigenvalue weighted by Crippen LogP contribution is -1.94. The van der Waals surface area contributed by atoms with Crippen LogP contribution in [-0.4, -0.2) is 4.57 Å². The molecule has 2 heterocycles. The molecule has 0 spiro atoms. The zero-order valence-electron chi connectivity index (χ0n) is 36.5. The Morgan fingerprint density at radius 3 is 1.52 bits per heavy atom. The Bertz CT molecular complexity index is 3270. The number of hydrogen-bond acceptors (Lipinski definition) is 1. The van der Waals surface area contributed by atoms with Gasteiger partial charge < -0.3 is 8.98 Å². The molecule has 0 saturated carbocycles. The Morgan fingerprint density at radius 1 is 0.360 bits per heavy atom. The van der Waals surface area contributed by atoms with Gasteiger partial charge in [-0.2, -0.15) is 0 Å². The van der Waals surface area contributed by atoms with E-state index in [1.165, 1.54) is 0 Å². The molecule has 0 unspecified atom stereocenters. The van der Waals surface area contributed by atoms with Crippen molar-refractivity contribution in [2.24, 2.45) is 0 Å². The van der Waals surface area contributed by atoms with Crippen LogP contribution in [0.5, 0.6) is 0 Å². The molecule has 0 atom stereocenters. The Kier molecular flexibility index (Phi) is 4.60. The normalized spacial score (nSPS) is 14.4. The summed E-state index contributed by atoms with van der Waals surface area (Å²) in [4.78, 5) is 0. The van der Waals surface area contributed by atoms with Gasteiger partial charge in [-0.25, -0.2) is 0 Å². The number of furan rings is 1. The van der Waals surface area contributed by atoms with Crippen LogP contribution in [0.2, 0.25) is 0 Å². The highest BCUT2D eigenvalue weighted by Gasteiger charge is 2.16. The van der Waals surface area contributed by atoms with E-state index in [1.54, 1.807) is 24.3 Å². The molecule has 2 heteroatoms. The number of aromatic nitrogens is 1. The molecule has 0 radical (unpaired) electrons. The smallest absolute Gasteiger partial charge is 0.135 e. The molecule has 50 heavy (non-hydrogen) atoms. The number of benzene rings is 8. The van der Waals surface area contributed by atoms with Crippen LogP contribution in [0.15, 0.2) is 192 Å². The van der Waals surface area contributed by atoms with Gasteiger partial charge in [0.15, 0.2) is 0 Å². The minimum atomic E-state index is -0.479. The number of nitrogens with zero attached hydrogens (tertiary/aromatic N) is 1. The summed E-state index contributed by atoms with van der Waals surface area (Å²) in [6, 6.07) is 37.5. The molecule has 0 fully saturated rings. The third-order valence-corrected chi connectivity index (χ3v) is 9.35. The highest BCUT2D eigenvalue weighted by molar-refractivity contribution is 6.12. The quantitative estimate of drug-likeness (QED) is 0.182. The van der Waals surface area contributed by atoms with Crippen LogP contribution < -0.4 is 0 Å². The van der Waals surface area contributed by atoms with Crippen molar-refractivity contribution in [3.05, 3.63) is 188 Å². The fraction of sp³-hybridized carbons (Fsp3) is 0. The van der Waals surface area contributed by atoms with Gasteiger partial charge in [0.1, 0.15) is 11.2 Å². The van der Waals surface area contributed by atoms with Crippen LogP contribution in [0.4, 0.5) is 0 Å². The van der Waals surface area contributed by atoms with Gasteiger partial charge in [-0.3, -0.25) is 0 Å². The zero-order valence-corrected chi connectivity index (χ0v) is 26.5. The van der Waals surface area contributed by atoms with Crippen molar-refractivity contribution in [2.75, 3.05) is 0 Å². The van der Waals surface area contributed by atoms with Gasteiger partial charge in [0.05, 0.1) is 24.7 Å². The zero-order chi connectivity index (χ0) is 41.7. The first-order chi connectivity index (χ1) is 28.9. The van der Waals surface area contributed by atoms with Crippen molar-refractivity contribution in [2.45, 2.75) is 0 Å². The molecule has 0 N–H and O–H groups in total. The highest BCUT2D eigenvalue weighted by atomic mass is 16.3. The van der Waals surface area contributed by atoms with E-state index >= 15 is 0 Å². The van der Waals surface area contributed by atoms with Crippen molar-refractivity contribution >= 4 is 43.7 Å². The fourth-order valence-corrected chi connectivity index (χ4v) is 7.01. The van der Waals surface area contributed by atoms with Gasteiger partial charge in [0.25, 0.3) is 0 Å². The molecule has 0 aliphatic carbocycles. The molecule has 0 amide bonds. The number of para-hydroxylation sites is 1. The predicted octanol–water partition coefficient (Wildman–Crippen LogP) is 13.4. The van der Waals surface area contributed by atoms with Crippen LogP contribution in [0.3, 0.4) is 0 Å². The van der Waals surface area contributed by atoms with Gasteiger partial charge >= 0.3 is 0 Å². The Morgan fingerprint density at radius 2 is 0.860 bits per heavy atom. The van der Waals surface area contributed by atoms with Gasteiger partial charge in [-0.1, -0.05) is 127 Å². The number of hydrogen-bond donors (Lipinski definition) is 0. The average Bonchev–Trinajstić information content (AvgIpc) is 3.81. The molecular formula is C48H31NO. The molecule has 10 aromatic rings. The minimum absolute atomic E-state index is 0.0626. The van der Waals surface area contributed by atoms with Gasteiger partial charge in [-0.15, -0.1) is 0 Å². The molecule has 10 rings (SSSR count). The van der Waals surface area contributed by atoms with E-state index in [1.807, 2.05) is 54.6 Å². The SMILES string of the molecule is [2H]c1c([2H])c([2H])c(-c2ccc3c(c2)c2cc(-c4c([2H])c([2H])c([2H])c([2H])c4[2H])ccc2n3-c2cccc(-c3cccc(-c4ccc5oc6ccccc6c5c4)c3)c2)c([2H])c1[2H].